The van der Waals surface area contributed by atoms with Crippen molar-refractivity contribution < 1.29 is 18.3 Å². The summed E-state index contributed by atoms with van der Waals surface area (Å²) in [5.74, 6) is 1.88. The minimum absolute atomic E-state index is 0.00842. The SMILES string of the molecule is O=C(c1coc(COc2ccc(F)cc2Cl)n1)N1CCSCC1. The maximum atomic E-state index is 13.0. The van der Waals surface area contributed by atoms with E-state index < -0.39 is 5.82 Å². The molecule has 2 heterocycles. The smallest absolute Gasteiger partial charge is 0.275 e. The molecule has 1 fully saturated rings. The van der Waals surface area contributed by atoms with Crippen LogP contribution in [0.3, 0.4) is 0 Å². The molecule has 0 N–H and O–H groups in total. The number of aromatic nitrogens is 1. The molecule has 1 saturated heterocycles. The number of rotatable bonds is 4. The van der Waals surface area contributed by atoms with E-state index in [0.29, 0.717) is 18.8 Å². The van der Waals surface area contributed by atoms with Gasteiger partial charge >= 0.3 is 0 Å². The lowest BCUT2D eigenvalue weighted by Gasteiger charge is -2.25. The minimum Gasteiger partial charge on any atom is -0.482 e. The predicted octanol–water partition coefficient (Wildman–Crippen LogP) is 3.24. The highest BCUT2D eigenvalue weighted by Gasteiger charge is 2.21. The second-order valence-corrected chi connectivity index (χ2v) is 6.53. The number of benzene rings is 1. The van der Waals surface area contributed by atoms with Crippen LogP contribution >= 0.6 is 23.4 Å². The van der Waals surface area contributed by atoms with Gasteiger partial charge in [0.1, 0.15) is 17.8 Å². The maximum absolute atomic E-state index is 13.0. The van der Waals surface area contributed by atoms with Crippen LogP contribution in [0.5, 0.6) is 5.75 Å². The first-order valence-corrected chi connectivity index (χ1v) is 8.56. The molecule has 0 saturated carbocycles. The van der Waals surface area contributed by atoms with Crippen molar-refractivity contribution in [2.45, 2.75) is 6.61 Å². The molecule has 23 heavy (non-hydrogen) atoms. The van der Waals surface area contributed by atoms with Gasteiger partial charge in [0.05, 0.1) is 5.02 Å². The number of hydrogen-bond donors (Lipinski definition) is 0. The summed E-state index contributed by atoms with van der Waals surface area (Å²) in [6.07, 6.45) is 1.33. The number of oxazole rings is 1. The number of nitrogens with zero attached hydrogens (tertiary/aromatic N) is 2. The minimum atomic E-state index is -0.439. The van der Waals surface area contributed by atoms with Crippen molar-refractivity contribution >= 4 is 29.3 Å². The van der Waals surface area contributed by atoms with Crippen LogP contribution in [0.4, 0.5) is 4.39 Å². The molecule has 0 bridgehead atoms. The third-order valence-electron chi connectivity index (χ3n) is 3.31. The van der Waals surface area contributed by atoms with Gasteiger partial charge in [-0.1, -0.05) is 11.6 Å². The Kier molecular flexibility index (Phi) is 5.07. The zero-order valence-corrected chi connectivity index (χ0v) is 13.7. The Bertz CT molecular complexity index is 704. The largest absolute Gasteiger partial charge is 0.482 e. The van der Waals surface area contributed by atoms with Crippen molar-refractivity contribution in [2.24, 2.45) is 0 Å². The van der Waals surface area contributed by atoms with Crippen LogP contribution in [0.2, 0.25) is 5.02 Å². The van der Waals surface area contributed by atoms with E-state index in [2.05, 4.69) is 4.98 Å². The number of ether oxygens (including phenoxy) is 1. The third-order valence-corrected chi connectivity index (χ3v) is 4.55. The van der Waals surface area contributed by atoms with Crippen LogP contribution in [0, 0.1) is 5.82 Å². The summed E-state index contributed by atoms with van der Waals surface area (Å²) in [7, 11) is 0. The van der Waals surface area contributed by atoms with E-state index in [4.69, 9.17) is 20.8 Å². The lowest BCUT2D eigenvalue weighted by molar-refractivity contribution is 0.0766. The highest BCUT2D eigenvalue weighted by Crippen LogP contribution is 2.25. The van der Waals surface area contributed by atoms with Gasteiger partial charge in [0.2, 0.25) is 5.89 Å². The Balaban J connectivity index is 1.61. The number of amides is 1. The summed E-state index contributed by atoms with van der Waals surface area (Å²) in [5.41, 5.74) is 0.265. The Morgan fingerprint density at radius 2 is 2.22 bits per heavy atom. The molecular weight excluding hydrogens is 343 g/mol. The van der Waals surface area contributed by atoms with E-state index >= 15 is 0 Å². The molecule has 0 aliphatic carbocycles. The fourth-order valence-corrected chi connectivity index (χ4v) is 3.26. The van der Waals surface area contributed by atoms with E-state index in [9.17, 15) is 9.18 Å². The standard InChI is InChI=1S/C15H14ClFN2O3S/c16-11-7-10(17)1-2-13(11)21-9-14-18-12(8-22-14)15(20)19-3-5-23-6-4-19/h1-2,7-8H,3-6,9H2. The van der Waals surface area contributed by atoms with Crippen LogP contribution in [-0.4, -0.2) is 40.4 Å². The van der Waals surface area contributed by atoms with E-state index in [-0.39, 0.29) is 29.1 Å². The summed E-state index contributed by atoms with van der Waals surface area (Å²) in [6, 6.07) is 3.84. The molecule has 0 spiro atoms. The molecule has 0 atom stereocenters. The van der Waals surface area contributed by atoms with E-state index in [1.54, 1.807) is 4.90 Å². The van der Waals surface area contributed by atoms with Gasteiger partial charge in [0, 0.05) is 24.6 Å². The topological polar surface area (TPSA) is 55.6 Å². The third kappa shape index (κ3) is 3.97. The molecule has 8 heteroatoms. The molecule has 122 valence electrons. The zero-order chi connectivity index (χ0) is 16.2. The second kappa shape index (κ2) is 7.23. The number of carbonyl (C=O) groups is 1. The molecule has 5 nitrogen and oxygen atoms in total. The van der Waals surface area contributed by atoms with Crippen molar-refractivity contribution in [1.82, 2.24) is 9.88 Å². The van der Waals surface area contributed by atoms with Crippen molar-refractivity contribution in [3.8, 4) is 5.75 Å². The van der Waals surface area contributed by atoms with Gasteiger partial charge < -0.3 is 14.1 Å². The van der Waals surface area contributed by atoms with Crippen LogP contribution in [-0.2, 0) is 6.61 Å². The zero-order valence-electron chi connectivity index (χ0n) is 12.1. The molecule has 1 aromatic carbocycles. The van der Waals surface area contributed by atoms with Gasteiger partial charge in [-0.15, -0.1) is 0 Å². The monoisotopic (exact) mass is 356 g/mol. The normalized spacial score (nSPS) is 14.8. The summed E-state index contributed by atoms with van der Waals surface area (Å²) in [5, 5.41) is 0.165. The number of thioether (sulfide) groups is 1. The fraction of sp³-hybridized carbons (Fsp3) is 0.333. The first-order chi connectivity index (χ1) is 11.1. The van der Waals surface area contributed by atoms with Crippen LogP contribution in [0.1, 0.15) is 16.4 Å². The molecule has 1 aliphatic rings. The predicted molar refractivity (Wildman–Crippen MR) is 85.5 cm³/mol. The van der Waals surface area contributed by atoms with Crippen molar-refractivity contribution in [2.75, 3.05) is 24.6 Å². The van der Waals surface area contributed by atoms with Gasteiger partial charge in [-0.05, 0) is 18.2 Å². The van der Waals surface area contributed by atoms with E-state index in [1.165, 1.54) is 18.4 Å². The maximum Gasteiger partial charge on any atom is 0.275 e. The molecule has 2 aromatic rings. The molecule has 3 rings (SSSR count). The van der Waals surface area contributed by atoms with Crippen molar-refractivity contribution in [3.05, 3.63) is 46.9 Å². The summed E-state index contributed by atoms with van der Waals surface area (Å²) >= 11 is 7.70. The number of halogens is 2. The van der Waals surface area contributed by atoms with E-state index in [1.807, 2.05) is 11.8 Å². The number of hydrogen-bond acceptors (Lipinski definition) is 5. The first kappa shape index (κ1) is 16.1. The van der Waals surface area contributed by atoms with Crippen LogP contribution in [0.25, 0.3) is 0 Å². The lowest BCUT2D eigenvalue weighted by Crippen LogP contribution is -2.38. The summed E-state index contributed by atoms with van der Waals surface area (Å²) in [4.78, 5) is 18.2. The summed E-state index contributed by atoms with van der Waals surface area (Å²) in [6.45, 7) is 1.44. The second-order valence-electron chi connectivity index (χ2n) is 4.89. The van der Waals surface area contributed by atoms with Gasteiger partial charge in [-0.25, -0.2) is 9.37 Å². The average Bonchev–Trinajstić information content (AvgIpc) is 3.03. The molecule has 1 aromatic heterocycles. The molecule has 1 aliphatic heterocycles. The molecule has 0 unspecified atom stereocenters. The Labute approximate surface area is 141 Å². The number of carbonyl (C=O) groups excluding carboxylic acids is 1. The lowest BCUT2D eigenvalue weighted by atomic mass is 10.3. The van der Waals surface area contributed by atoms with E-state index in [0.717, 1.165) is 17.6 Å². The first-order valence-electron chi connectivity index (χ1n) is 7.03. The van der Waals surface area contributed by atoms with Crippen molar-refractivity contribution in [1.29, 1.82) is 0 Å². The highest BCUT2D eigenvalue weighted by atomic mass is 35.5. The molecular formula is C15H14ClFN2O3S. The van der Waals surface area contributed by atoms with Crippen molar-refractivity contribution in [3.63, 3.8) is 0 Å². The van der Waals surface area contributed by atoms with Crippen LogP contribution in [0.15, 0.2) is 28.9 Å². The fourth-order valence-electron chi connectivity index (χ4n) is 2.14. The van der Waals surface area contributed by atoms with Gasteiger partial charge in [0.25, 0.3) is 5.91 Å². The Morgan fingerprint density at radius 3 is 2.96 bits per heavy atom. The highest BCUT2D eigenvalue weighted by molar-refractivity contribution is 7.99. The summed E-state index contributed by atoms with van der Waals surface area (Å²) < 4.78 is 23.7. The Hall–Kier alpha value is -1.73. The van der Waals surface area contributed by atoms with Gasteiger partial charge in [-0.3, -0.25) is 4.79 Å². The van der Waals surface area contributed by atoms with Crippen LogP contribution < -0.4 is 4.74 Å². The Morgan fingerprint density at radius 1 is 1.43 bits per heavy atom. The van der Waals surface area contributed by atoms with Gasteiger partial charge in [0.15, 0.2) is 12.3 Å². The van der Waals surface area contributed by atoms with Gasteiger partial charge in [-0.2, -0.15) is 11.8 Å². The quantitative estimate of drug-likeness (QED) is 0.841. The molecule has 0 radical (unpaired) electrons. The average molecular weight is 357 g/mol. The molecule has 1 amide bonds.